The Morgan fingerprint density at radius 1 is 0.844 bits per heavy atom. The summed E-state index contributed by atoms with van der Waals surface area (Å²) in [5.41, 5.74) is 2.43. The molecule has 0 aliphatic rings. The molecule has 0 spiro atoms. The minimum absolute atomic E-state index is 0.240. The highest BCUT2D eigenvalue weighted by Gasteiger charge is 2.22. The quantitative estimate of drug-likeness (QED) is 0.179. The van der Waals surface area contributed by atoms with Crippen molar-refractivity contribution in [2.75, 3.05) is 18.0 Å². The largest absolute Gasteiger partial charge is 0.372 e. The van der Waals surface area contributed by atoms with Gasteiger partial charge in [-0.15, -0.1) is 10.2 Å². The van der Waals surface area contributed by atoms with E-state index in [2.05, 4.69) is 85.5 Å². The summed E-state index contributed by atoms with van der Waals surface area (Å²) in [4.78, 5) is 2.37. The van der Waals surface area contributed by atoms with E-state index in [1.165, 1.54) is 57.1 Å². The highest BCUT2D eigenvalue weighted by molar-refractivity contribution is 8.77. The zero-order valence-electron chi connectivity index (χ0n) is 21.2. The van der Waals surface area contributed by atoms with E-state index in [1.807, 2.05) is 10.8 Å². The first kappa shape index (κ1) is 27.1. The van der Waals surface area contributed by atoms with Gasteiger partial charge in [-0.05, 0) is 75.6 Å². The van der Waals surface area contributed by atoms with Crippen LogP contribution in [0.2, 0.25) is 0 Å². The number of hydrogen-bond acceptors (Lipinski definition) is 5. The Hall–Kier alpha value is -1.14. The van der Waals surface area contributed by atoms with Crippen molar-refractivity contribution >= 4 is 27.3 Å². The van der Waals surface area contributed by atoms with E-state index < -0.39 is 0 Å². The molecule has 0 aliphatic heterocycles. The maximum Gasteiger partial charge on any atom is 0.202 e. The Balaban J connectivity index is 2.18. The van der Waals surface area contributed by atoms with Gasteiger partial charge in [-0.1, -0.05) is 63.2 Å². The minimum Gasteiger partial charge on any atom is -0.372 e. The fourth-order valence-electron chi connectivity index (χ4n) is 3.86. The third-order valence-electron chi connectivity index (χ3n) is 5.93. The fraction of sp³-hybridized carbons (Fsp3) is 0.692. The highest BCUT2D eigenvalue weighted by Crippen LogP contribution is 2.43. The molecular formula is C26H44N4S2. The molecular weight excluding hydrogens is 432 g/mol. The molecule has 2 rings (SSSR count). The van der Waals surface area contributed by atoms with Crippen molar-refractivity contribution in [1.82, 2.24) is 14.8 Å². The molecule has 0 saturated carbocycles. The van der Waals surface area contributed by atoms with Gasteiger partial charge >= 0.3 is 0 Å². The summed E-state index contributed by atoms with van der Waals surface area (Å²) < 4.78 is 2.59. The van der Waals surface area contributed by atoms with Gasteiger partial charge < -0.3 is 9.47 Å². The second-order valence-corrected chi connectivity index (χ2v) is 11.9. The molecule has 1 aromatic carbocycles. The van der Waals surface area contributed by atoms with Gasteiger partial charge in [-0.25, -0.2) is 0 Å². The molecule has 0 radical (unpaired) electrons. The lowest BCUT2D eigenvalue weighted by molar-refractivity contribution is 0.556. The Labute approximate surface area is 204 Å². The van der Waals surface area contributed by atoms with E-state index in [9.17, 15) is 0 Å². The van der Waals surface area contributed by atoms with Crippen molar-refractivity contribution in [2.24, 2.45) is 0 Å². The predicted octanol–water partition coefficient (Wildman–Crippen LogP) is 8.47. The van der Waals surface area contributed by atoms with Crippen molar-refractivity contribution in [3.8, 4) is 11.4 Å². The number of aromatic nitrogens is 3. The van der Waals surface area contributed by atoms with Crippen molar-refractivity contribution in [2.45, 2.75) is 109 Å². The molecule has 0 unspecified atom stereocenters. The molecule has 0 fully saturated rings. The van der Waals surface area contributed by atoms with Gasteiger partial charge in [-0.3, -0.25) is 0 Å². The molecule has 1 heterocycles. The van der Waals surface area contributed by atoms with Gasteiger partial charge in [-0.2, -0.15) is 0 Å². The molecule has 180 valence electrons. The number of anilines is 1. The van der Waals surface area contributed by atoms with Crippen LogP contribution in [0.3, 0.4) is 0 Å². The zero-order chi connectivity index (χ0) is 23.4. The third-order valence-corrected chi connectivity index (χ3v) is 9.17. The first-order valence-corrected chi connectivity index (χ1v) is 14.7. The SMILES string of the molecule is CCCCCCn1c(SSC(C)(C)CCCCC)nnc1-c1ccc(N(CC)CC)cc1. The Morgan fingerprint density at radius 2 is 1.50 bits per heavy atom. The van der Waals surface area contributed by atoms with Crippen LogP contribution in [0.15, 0.2) is 29.4 Å². The molecule has 0 amide bonds. The van der Waals surface area contributed by atoms with Gasteiger partial charge in [0.1, 0.15) is 0 Å². The number of benzene rings is 1. The van der Waals surface area contributed by atoms with E-state index in [4.69, 9.17) is 0 Å². The number of nitrogens with zero attached hydrogens (tertiary/aromatic N) is 4. The second-order valence-electron chi connectivity index (χ2n) is 9.12. The Kier molecular flexibility index (Phi) is 12.0. The summed E-state index contributed by atoms with van der Waals surface area (Å²) in [6, 6.07) is 8.85. The summed E-state index contributed by atoms with van der Waals surface area (Å²) in [7, 11) is 3.75. The van der Waals surface area contributed by atoms with Crippen LogP contribution in [0, 0.1) is 0 Å². The van der Waals surface area contributed by atoms with Crippen LogP contribution in [-0.4, -0.2) is 32.6 Å². The molecule has 0 saturated heterocycles. The maximum atomic E-state index is 4.64. The van der Waals surface area contributed by atoms with Crippen LogP contribution in [0.4, 0.5) is 5.69 Å². The molecule has 0 bridgehead atoms. The van der Waals surface area contributed by atoms with Crippen LogP contribution in [-0.2, 0) is 6.54 Å². The lowest BCUT2D eigenvalue weighted by atomic mass is 10.0. The van der Waals surface area contributed by atoms with Crippen LogP contribution in [0.25, 0.3) is 11.4 Å². The number of unbranched alkanes of at least 4 members (excludes halogenated alkanes) is 5. The fourth-order valence-corrected chi connectivity index (χ4v) is 6.25. The first-order valence-electron chi connectivity index (χ1n) is 12.6. The maximum absolute atomic E-state index is 4.64. The standard InChI is InChI=1S/C26H44N4S2/c1-7-11-13-15-21-30-24(22-16-18-23(19-17-22)29(9-3)10-4)27-28-25(30)31-32-26(5,6)20-14-12-8-2/h16-19H,7-15,20-21H2,1-6H3. The zero-order valence-corrected chi connectivity index (χ0v) is 22.8. The molecule has 1 aromatic heterocycles. The van der Waals surface area contributed by atoms with E-state index in [1.54, 1.807) is 10.8 Å². The molecule has 0 N–H and O–H groups in total. The Bertz CT molecular complexity index is 767. The van der Waals surface area contributed by atoms with Gasteiger partial charge in [0.25, 0.3) is 0 Å². The average molecular weight is 477 g/mol. The van der Waals surface area contributed by atoms with E-state index in [0.717, 1.165) is 36.2 Å². The highest BCUT2D eigenvalue weighted by atomic mass is 33.1. The molecule has 2 aromatic rings. The summed E-state index contributed by atoms with van der Waals surface area (Å²) >= 11 is 0. The van der Waals surface area contributed by atoms with Gasteiger partial charge in [0.2, 0.25) is 5.16 Å². The number of hydrogen-bond donors (Lipinski definition) is 0. The lowest BCUT2D eigenvalue weighted by Gasteiger charge is -2.23. The molecule has 0 atom stereocenters. The topological polar surface area (TPSA) is 34.0 Å². The molecule has 6 heteroatoms. The smallest absolute Gasteiger partial charge is 0.202 e. The van der Waals surface area contributed by atoms with Gasteiger partial charge in [0, 0.05) is 35.6 Å². The Morgan fingerprint density at radius 3 is 2.12 bits per heavy atom. The minimum atomic E-state index is 0.240. The monoisotopic (exact) mass is 476 g/mol. The van der Waals surface area contributed by atoms with Crippen LogP contribution < -0.4 is 4.90 Å². The van der Waals surface area contributed by atoms with Crippen LogP contribution >= 0.6 is 21.6 Å². The summed E-state index contributed by atoms with van der Waals surface area (Å²) in [6.45, 7) is 16.7. The molecule has 4 nitrogen and oxygen atoms in total. The third kappa shape index (κ3) is 8.33. The van der Waals surface area contributed by atoms with Gasteiger partial charge in [0.05, 0.1) is 0 Å². The molecule has 32 heavy (non-hydrogen) atoms. The van der Waals surface area contributed by atoms with Crippen LogP contribution in [0.5, 0.6) is 0 Å². The molecule has 0 aliphatic carbocycles. The van der Waals surface area contributed by atoms with Crippen molar-refractivity contribution in [3.63, 3.8) is 0 Å². The van der Waals surface area contributed by atoms with E-state index in [-0.39, 0.29) is 4.75 Å². The van der Waals surface area contributed by atoms with E-state index in [0.29, 0.717) is 0 Å². The average Bonchev–Trinajstić information content (AvgIpc) is 3.19. The van der Waals surface area contributed by atoms with Crippen molar-refractivity contribution < 1.29 is 0 Å². The van der Waals surface area contributed by atoms with E-state index >= 15 is 0 Å². The normalized spacial score (nSPS) is 11.8. The van der Waals surface area contributed by atoms with Crippen molar-refractivity contribution in [3.05, 3.63) is 24.3 Å². The van der Waals surface area contributed by atoms with Crippen molar-refractivity contribution in [1.29, 1.82) is 0 Å². The summed E-state index contributed by atoms with van der Waals surface area (Å²) in [5, 5.41) is 10.3. The first-order chi connectivity index (χ1) is 15.5. The summed E-state index contributed by atoms with van der Waals surface area (Å²) in [6.07, 6.45) is 10.1. The number of rotatable bonds is 16. The lowest BCUT2D eigenvalue weighted by Crippen LogP contribution is -2.21. The van der Waals surface area contributed by atoms with Crippen LogP contribution in [0.1, 0.15) is 92.9 Å². The second kappa shape index (κ2) is 14.2. The predicted molar refractivity (Wildman–Crippen MR) is 145 cm³/mol. The van der Waals surface area contributed by atoms with Gasteiger partial charge in [0.15, 0.2) is 5.82 Å². The summed E-state index contributed by atoms with van der Waals surface area (Å²) in [5.74, 6) is 1.000.